The molecule has 1 amide bonds. The number of amidine groups is 1. The Labute approximate surface area is 183 Å². The van der Waals surface area contributed by atoms with E-state index in [0.29, 0.717) is 35.9 Å². The third-order valence-corrected chi connectivity index (χ3v) is 5.94. The van der Waals surface area contributed by atoms with Crippen LogP contribution in [0.3, 0.4) is 0 Å². The highest BCUT2D eigenvalue weighted by Crippen LogP contribution is 2.34. The molecule has 29 heavy (non-hydrogen) atoms. The Kier molecular flexibility index (Phi) is 7.13. The van der Waals surface area contributed by atoms with Crippen LogP contribution in [0.4, 0.5) is 0 Å². The molecule has 0 N–H and O–H groups in total. The van der Waals surface area contributed by atoms with E-state index in [1.165, 1.54) is 11.8 Å². The van der Waals surface area contributed by atoms with Crippen molar-refractivity contribution in [2.75, 3.05) is 13.1 Å². The maximum Gasteiger partial charge on any atom is 0.266 e. The van der Waals surface area contributed by atoms with Gasteiger partial charge in [-0.3, -0.25) is 14.7 Å². The van der Waals surface area contributed by atoms with Crippen LogP contribution < -0.4 is 4.74 Å². The number of benzene rings is 2. The first-order chi connectivity index (χ1) is 14.1. The first kappa shape index (κ1) is 21.2. The summed E-state index contributed by atoms with van der Waals surface area (Å²) in [5.74, 6) is 0.656. The lowest BCUT2D eigenvalue weighted by atomic mass is 10.1. The highest BCUT2D eigenvalue weighted by Gasteiger charge is 2.31. The fraction of sp³-hybridized carbons (Fsp3) is 0.227. The maximum absolute atomic E-state index is 12.6. The molecule has 7 heteroatoms. The van der Waals surface area contributed by atoms with Crippen molar-refractivity contribution in [2.45, 2.75) is 20.5 Å². The van der Waals surface area contributed by atoms with E-state index in [2.05, 4.69) is 27.0 Å². The van der Waals surface area contributed by atoms with Gasteiger partial charge in [0.1, 0.15) is 12.4 Å². The first-order valence-corrected chi connectivity index (χ1v) is 10.8. The van der Waals surface area contributed by atoms with Crippen LogP contribution in [0, 0.1) is 11.3 Å². The van der Waals surface area contributed by atoms with Crippen LogP contribution in [0.2, 0.25) is 0 Å². The van der Waals surface area contributed by atoms with Crippen LogP contribution in [0.5, 0.6) is 5.75 Å². The van der Waals surface area contributed by atoms with Gasteiger partial charge in [-0.1, -0.05) is 24.3 Å². The van der Waals surface area contributed by atoms with Crippen molar-refractivity contribution < 1.29 is 9.53 Å². The van der Waals surface area contributed by atoms with Gasteiger partial charge in [-0.05, 0) is 71.4 Å². The standard InChI is InChI=1S/C22H20BrN3O2S/c1-3-25-22-26(4-2)21(27)20(29-22)12-15-9-10-19(18(23)11-15)28-14-17-8-6-5-7-16(17)13-24/h5-12H,3-4,14H2,1-2H3/b20-12+,25-22?. The molecule has 0 unspecified atom stereocenters. The molecule has 1 heterocycles. The van der Waals surface area contributed by atoms with Crippen molar-refractivity contribution in [1.29, 1.82) is 5.26 Å². The number of aliphatic imine (C=N–C) groups is 1. The molecule has 0 spiro atoms. The second-order valence-electron chi connectivity index (χ2n) is 6.16. The molecule has 0 saturated carbocycles. The molecule has 1 fully saturated rings. The van der Waals surface area contributed by atoms with Gasteiger partial charge in [0.25, 0.3) is 5.91 Å². The number of amides is 1. The summed E-state index contributed by atoms with van der Waals surface area (Å²) in [6.45, 7) is 5.45. The molecule has 0 radical (unpaired) electrons. The van der Waals surface area contributed by atoms with Crippen LogP contribution in [-0.2, 0) is 11.4 Å². The fourth-order valence-corrected chi connectivity index (χ4v) is 4.44. The third-order valence-electron chi connectivity index (χ3n) is 4.27. The van der Waals surface area contributed by atoms with Gasteiger partial charge in [0.2, 0.25) is 0 Å². The zero-order chi connectivity index (χ0) is 20.8. The second kappa shape index (κ2) is 9.77. The van der Waals surface area contributed by atoms with Gasteiger partial charge in [0.15, 0.2) is 5.17 Å². The molecule has 2 aromatic carbocycles. The summed E-state index contributed by atoms with van der Waals surface area (Å²) in [7, 11) is 0. The number of rotatable bonds is 6. The summed E-state index contributed by atoms with van der Waals surface area (Å²) in [5.41, 5.74) is 2.33. The van der Waals surface area contributed by atoms with Crippen LogP contribution in [0.25, 0.3) is 6.08 Å². The molecule has 0 aliphatic carbocycles. The number of hydrogen-bond donors (Lipinski definition) is 0. The average molecular weight is 470 g/mol. The number of thioether (sulfide) groups is 1. The van der Waals surface area contributed by atoms with E-state index in [0.717, 1.165) is 20.8 Å². The number of hydrogen-bond acceptors (Lipinski definition) is 5. The van der Waals surface area contributed by atoms with Crippen LogP contribution in [-0.4, -0.2) is 29.1 Å². The summed E-state index contributed by atoms with van der Waals surface area (Å²) < 4.78 is 6.66. The van der Waals surface area contributed by atoms with E-state index in [-0.39, 0.29) is 5.91 Å². The predicted molar refractivity (Wildman–Crippen MR) is 121 cm³/mol. The Balaban J connectivity index is 1.76. The van der Waals surface area contributed by atoms with Gasteiger partial charge < -0.3 is 4.74 Å². The van der Waals surface area contributed by atoms with Crippen molar-refractivity contribution in [3.63, 3.8) is 0 Å². The number of likely N-dealkylation sites (N-methyl/N-ethyl adjacent to an activating group) is 1. The molecule has 1 aliphatic rings. The Morgan fingerprint density at radius 3 is 2.76 bits per heavy atom. The minimum Gasteiger partial charge on any atom is -0.488 e. The molecular weight excluding hydrogens is 450 g/mol. The lowest BCUT2D eigenvalue weighted by Gasteiger charge is -2.11. The Bertz CT molecular complexity index is 1030. The van der Waals surface area contributed by atoms with Crippen LogP contribution >= 0.6 is 27.7 Å². The van der Waals surface area contributed by atoms with Crippen molar-refractivity contribution in [2.24, 2.45) is 4.99 Å². The van der Waals surface area contributed by atoms with Gasteiger partial charge in [-0.25, -0.2) is 0 Å². The molecule has 1 saturated heterocycles. The van der Waals surface area contributed by atoms with Crippen LogP contribution in [0.15, 0.2) is 56.8 Å². The molecule has 1 aliphatic heterocycles. The topological polar surface area (TPSA) is 65.7 Å². The largest absolute Gasteiger partial charge is 0.488 e. The minimum atomic E-state index is -0.0192. The summed E-state index contributed by atoms with van der Waals surface area (Å²) in [4.78, 5) is 19.3. The summed E-state index contributed by atoms with van der Waals surface area (Å²) >= 11 is 4.94. The monoisotopic (exact) mass is 469 g/mol. The zero-order valence-electron chi connectivity index (χ0n) is 16.2. The van der Waals surface area contributed by atoms with Gasteiger partial charge in [0, 0.05) is 18.7 Å². The van der Waals surface area contributed by atoms with Gasteiger partial charge >= 0.3 is 0 Å². The number of carbonyl (C=O) groups excluding carboxylic acids is 1. The molecule has 0 aromatic heterocycles. The molecule has 3 rings (SSSR count). The van der Waals surface area contributed by atoms with Gasteiger partial charge in [-0.15, -0.1) is 0 Å². The van der Waals surface area contributed by atoms with E-state index in [1.807, 2.05) is 56.3 Å². The molecule has 0 bridgehead atoms. The number of nitriles is 1. The second-order valence-corrected chi connectivity index (χ2v) is 8.03. The highest BCUT2D eigenvalue weighted by atomic mass is 79.9. The van der Waals surface area contributed by atoms with Crippen molar-refractivity contribution in [3.8, 4) is 11.8 Å². The minimum absolute atomic E-state index is 0.0192. The number of halogens is 1. The fourth-order valence-electron chi connectivity index (χ4n) is 2.83. The smallest absolute Gasteiger partial charge is 0.266 e. The van der Waals surface area contributed by atoms with E-state index < -0.39 is 0 Å². The van der Waals surface area contributed by atoms with Crippen LogP contribution in [0.1, 0.15) is 30.5 Å². The van der Waals surface area contributed by atoms with Crippen molar-refractivity contribution in [3.05, 3.63) is 68.5 Å². The number of nitrogens with zero attached hydrogens (tertiary/aromatic N) is 3. The number of carbonyl (C=O) groups is 1. The molecule has 2 aromatic rings. The molecule has 5 nitrogen and oxygen atoms in total. The van der Waals surface area contributed by atoms with E-state index >= 15 is 0 Å². The van der Waals surface area contributed by atoms with E-state index in [4.69, 9.17) is 4.74 Å². The summed E-state index contributed by atoms with van der Waals surface area (Å²) in [6, 6.07) is 15.2. The Hall–Kier alpha value is -2.56. The SMILES string of the molecule is CCN=C1S/C(=C/c2ccc(OCc3ccccc3C#N)c(Br)c2)C(=O)N1CC. The summed E-state index contributed by atoms with van der Waals surface area (Å²) in [5, 5.41) is 9.94. The maximum atomic E-state index is 12.6. The predicted octanol–water partition coefficient (Wildman–Crippen LogP) is 5.21. The lowest BCUT2D eigenvalue weighted by Crippen LogP contribution is -2.28. The quantitative estimate of drug-likeness (QED) is 0.544. The first-order valence-electron chi connectivity index (χ1n) is 9.23. The Morgan fingerprint density at radius 2 is 2.07 bits per heavy atom. The highest BCUT2D eigenvalue weighted by molar-refractivity contribution is 9.10. The van der Waals surface area contributed by atoms with Crippen molar-refractivity contribution >= 4 is 44.8 Å². The van der Waals surface area contributed by atoms with Gasteiger partial charge in [0.05, 0.1) is 21.0 Å². The molecule has 148 valence electrons. The Morgan fingerprint density at radius 1 is 1.28 bits per heavy atom. The number of ether oxygens (including phenoxy) is 1. The van der Waals surface area contributed by atoms with Crippen molar-refractivity contribution in [1.82, 2.24) is 4.90 Å². The summed E-state index contributed by atoms with van der Waals surface area (Å²) in [6.07, 6.45) is 1.87. The molecular formula is C22H20BrN3O2S. The lowest BCUT2D eigenvalue weighted by molar-refractivity contribution is -0.122. The average Bonchev–Trinajstić information content (AvgIpc) is 3.02. The van der Waals surface area contributed by atoms with E-state index in [9.17, 15) is 10.1 Å². The third kappa shape index (κ3) is 4.89. The van der Waals surface area contributed by atoms with Gasteiger partial charge in [-0.2, -0.15) is 5.26 Å². The molecule has 0 atom stereocenters. The zero-order valence-corrected chi connectivity index (χ0v) is 18.6. The normalized spacial score (nSPS) is 16.5. The van der Waals surface area contributed by atoms with E-state index in [1.54, 1.807) is 11.0 Å².